The van der Waals surface area contributed by atoms with E-state index in [2.05, 4.69) is 19.9 Å². The Morgan fingerprint density at radius 2 is 2.00 bits per heavy atom. The van der Waals surface area contributed by atoms with Crippen LogP contribution >= 0.6 is 11.8 Å². The zero-order valence-electron chi connectivity index (χ0n) is 14.8. The van der Waals surface area contributed by atoms with Gasteiger partial charge < -0.3 is 20.5 Å². The molecule has 0 bridgehead atoms. The van der Waals surface area contributed by atoms with Gasteiger partial charge >= 0.3 is 6.36 Å². The molecule has 2 aliphatic heterocycles. The van der Waals surface area contributed by atoms with Crippen LogP contribution in [0.25, 0.3) is 0 Å². The summed E-state index contributed by atoms with van der Waals surface area (Å²) in [6, 6.07) is 5.39. The molecule has 0 saturated carbocycles. The number of guanidine groups is 1. The van der Waals surface area contributed by atoms with Crippen LogP contribution in [0.2, 0.25) is 0 Å². The molecule has 1 atom stereocenters. The molecule has 2 heterocycles. The first-order valence-electron chi connectivity index (χ1n) is 8.70. The minimum absolute atomic E-state index is 0.00878. The highest BCUT2D eigenvalue weighted by Gasteiger charge is 2.40. The van der Waals surface area contributed by atoms with Crippen molar-refractivity contribution in [2.75, 3.05) is 49.7 Å². The number of halogens is 3. The lowest BCUT2D eigenvalue weighted by atomic mass is 9.96. The third-order valence-corrected chi connectivity index (χ3v) is 5.90. The van der Waals surface area contributed by atoms with Gasteiger partial charge in [0.2, 0.25) is 0 Å². The molecule has 6 nitrogen and oxygen atoms in total. The molecule has 10 heteroatoms. The molecule has 0 spiro atoms. The van der Waals surface area contributed by atoms with Crippen molar-refractivity contribution in [3.8, 4) is 5.75 Å². The Morgan fingerprint density at radius 3 is 2.59 bits per heavy atom. The molecule has 0 amide bonds. The maximum atomic E-state index is 12.2. The second-order valence-corrected chi connectivity index (χ2v) is 7.63. The molecule has 2 aliphatic rings. The van der Waals surface area contributed by atoms with Gasteiger partial charge in [0.15, 0.2) is 5.96 Å². The van der Waals surface area contributed by atoms with Crippen molar-refractivity contribution < 1.29 is 22.6 Å². The highest BCUT2D eigenvalue weighted by atomic mass is 32.2. The van der Waals surface area contributed by atoms with Crippen LogP contribution in [0, 0.1) is 0 Å². The van der Waals surface area contributed by atoms with E-state index in [0.29, 0.717) is 12.2 Å². The topological polar surface area (TPSA) is 72.1 Å². The predicted octanol–water partition coefficient (Wildman–Crippen LogP) is 2.52. The number of aliphatic imine (C=N–C) groups is 1. The molecule has 0 radical (unpaired) electrons. The monoisotopic (exact) mass is 404 g/mol. The standard InChI is InChI=1S/C17H23F3N4O2S/c18-17(19,20)26-14-3-1-13(2-4-14)23-15(21)22-11-16(5-10-27-12-16)24-6-8-25-9-7-24/h1-4H,5-12H2,(H3,21,22,23). The van der Waals surface area contributed by atoms with Crippen LogP contribution in [0.5, 0.6) is 5.75 Å². The molecule has 2 saturated heterocycles. The Morgan fingerprint density at radius 1 is 1.30 bits per heavy atom. The van der Waals surface area contributed by atoms with Crippen LogP contribution in [0.15, 0.2) is 29.3 Å². The smallest absolute Gasteiger partial charge is 0.406 e. The molecule has 0 aliphatic carbocycles. The lowest BCUT2D eigenvalue weighted by Crippen LogP contribution is -2.56. The number of nitrogens with one attached hydrogen (secondary N) is 1. The largest absolute Gasteiger partial charge is 0.573 e. The molecular weight excluding hydrogens is 381 g/mol. The van der Waals surface area contributed by atoms with Gasteiger partial charge in [0.25, 0.3) is 0 Å². The van der Waals surface area contributed by atoms with E-state index in [-0.39, 0.29) is 17.2 Å². The molecular formula is C17H23F3N4O2S. The van der Waals surface area contributed by atoms with E-state index < -0.39 is 6.36 Å². The summed E-state index contributed by atoms with van der Waals surface area (Å²) < 4.78 is 45.9. The van der Waals surface area contributed by atoms with Crippen molar-refractivity contribution in [1.82, 2.24) is 4.90 Å². The summed E-state index contributed by atoms with van der Waals surface area (Å²) in [6.45, 7) is 3.83. The van der Waals surface area contributed by atoms with E-state index in [9.17, 15) is 13.2 Å². The minimum Gasteiger partial charge on any atom is -0.406 e. The van der Waals surface area contributed by atoms with Gasteiger partial charge in [0.1, 0.15) is 5.75 Å². The van der Waals surface area contributed by atoms with Gasteiger partial charge in [-0.05, 0) is 36.4 Å². The molecule has 27 heavy (non-hydrogen) atoms. The zero-order valence-corrected chi connectivity index (χ0v) is 15.6. The summed E-state index contributed by atoms with van der Waals surface area (Å²) in [5.41, 5.74) is 6.53. The van der Waals surface area contributed by atoms with E-state index in [0.717, 1.165) is 44.2 Å². The van der Waals surface area contributed by atoms with E-state index in [1.165, 1.54) is 24.3 Å². The van der Waals surface area contributed by atoms with Crippen LogP contribution in [0.3, 0.4) is 0 Å². The predicted molar refractivity (Wildman–Crippen MR) is 100 cm³/mol. The minimum atomic E-state index is -4.71. The third-order valence-electron chi connectivity index (χ3n) is 4.67. The molecule has 0 aromatic heterocycles. The summed E-state index contributed by atoms with van der Waals surface area (Å²) in [7, 11) is 0. The van der Waals surface area contributed by atoms with Crippen molar-refractivity contribution in [3.63, 3.8) is 0 Å². The number of thioether (sulfide) groups is 1. The van der Waals surface area contributed by atoms with Crippen molar-refractivity contribution >= 4 is 23.4 Å². The van der Waals surface area contributed by atoms with Gasteiger partial charge in [-0.1, -0.05) is 0 Å². The summed E-state index contributed by atoms with van der Waals surface area (Å²) >= 11 is 1.92. The van der Waals surface area contributed by atoms with E-state index >= 15 is 0 Å². The number of nitrogens with zero attached hydrogens (tertiary/aromatic N) is 2. The number of morpholine rings is 1. The number of ether oxygens (including phenoxy) is 2. The van der Waals surface area contributed by atoms with Crippen LogP contribution in [-0.2, 0) is 4.74 Å². The maximum Gasteiger partial charge on any atom is 0.573 e. The van der Waals surface area contributed by atoms with E-state index in [4.69, 9.17) is 10.5 Å². The summed E-state index contributed by atoms with van der Waals surface area (Å²) in [6.07, 6.45) is -3.65. The zero-order chi connectivity index (χ0) is 19.3. The maximum absolute atomic E-state index is 12.2. The molecule has 1 unspecified atom stereocenters. The Bertz CT molecular complexity index is 643. The molecule has 1 aromatic carbocycles. The van der Waals surface area contributed by atoms with Crippen molar-refractivity contribution in [2.24, 2.45) is 10.7 Å². The van der Waals surface area contributed by atoms with Crippen molar-refractivity contribution in [1.29, 1.82) is 0 Å². The van der Waals surface area contributed by atoms with Crippen LogP contribution < -0.4 is 15.8 Å². The first-order chi connectivity index (χ1) is 12.9. The van der Waals surface area contributed by atoms with E-state index in [1.54, 1.807) is 0 Å². The number of benzene rings is 1. The van der Waals surface area contributed by atoms with Gasteiger partial charge in [-0.3, -0.25) is 9.89 Å². The average Bonchev–Trinajstić information content (AvgIpc) is 3.12. The van der Waals surface area contributed by atoms with Crippen LogP contribution in [0.1, 0.15) is 6.42 Å². The van der Waals surface area contributed by atoms with Crippen molar-refractivity contribution in [2.45, 2.75) is 18.3 Å². The number of nitrogens with two attached hydrogens (primary N) is 1. The Hall–Kier alpha value is -1.65. The van der Waals surface area contributed by atoms with Crippen molar-refractivity contribution in [3.05, 3.63) is 24.3 Å². The van der Waals surface area contributed by atoms with Gasteiger partial charge in [-0.15, -0.1) is 13.2 Å². The first kappa shape index (κ1) is 20.1. The van der Waals surface area contributed by atoms with Crippen LogP contribution in [0.4, 0.5) is 18.9 Å². The lowest BCUT2D eigenvalue weighted by Gasteiger charge is -2.42. The highest BCUT2D eigenvalue weighted by Crippen LogP contribution is 2.34. The average molecular weight is 404 g/mol. The Kier molecular flexibility index (Phi) is 6.38. The fraction of sp³-hybridized carbons (Fsp3) is 0.588. The molecule has 150 valence electrons. The Labute approximate surface area is 160 Å². The quantitative estimate of drug-likeness (QED) is 0.581. The number of hydrogen-bond donors (Lipinski definition) is 2. The fourth-order valence-electron chi connectivity index (χ4n) is 3.27. The molecule has 1 aromatic rings. The number of rotatable bonds is 5. The SMILES string of the molecule is NC(=NCC1(N2CCOCC2)CCSC1)Nc1ccc(OC(F)(F)F)cc1. The summed E-state index contributed by atoms with van der Waals surface area (Å²) in [5.74, 6) is 2.07. The van der Waals surface area contributed by atoms with Gasteiger partial charge in [-0.25, -0.2) is 0 Å². The highest BCUT2D eigenvalue weighted by molar-refractivity contribution is 7.99. The summed E-state index contributed by atoms with van der Waals surface area (Å²) in [5, 5.41) is 2.92. The van der Waals surface area contributed by atoms with Crippen LogP contribution in [-0.4, -0.2) is 67.1 Å². The van der Waals surface area contributed by atoms with Gasteiger partial charge in [0, 0.05) is 24.5 Å². The number of hydrogen-bond acceptors (Lipinski definition) is 5. The van der Waals surface area contributed by atoms with E-state index in [1.807, 2.05) is 11.8 Å². The van der Waals surface area contributed by atoms with Gasteiger partial charge in [0.05, 0.1) is 25.3 Å². The molecule has 3 N–H and O–H groups in total. The number of anilines is 1. The molecule has 3 rings (SSSR count). The lowest BCUT2D eigenvalue weighted by molar-refractivity contribution is -0.274. The summed E-state index contributed by atoms with van der Waals surface area (Å²) in [4.78, 5) is 6.95. The van der Waals surface area contributed by atoms with Gasteiger partial charge in [-0.2, -0.15) is 11.8 Å². The second kappa shape index (κ2) is 8.57. The third kappa shape index (κ3) is 5.66. The first-order valence-corrected chi connectivity index (χ1v) is 9.85. The Balaban J connectivity index is 1.59. The number of alkyl halides is 3. The fourth-order valence-corrected chi connectivity index (χ4v) is 4.73. The molecule has 2 fully saturated rings. The normalized spacial score (nSPS) is 24.8. The second-order valence-electron chi connectivity index (χ2n) is 6.52.